The van der Waals surface area contributed by atoms with E-state index in [0.29, 0.717) is 35.2 Å². The van der Waals surface area contributed by atoms with Crippen LogP contribution in [0.4, 0.5) is 5.69 Å². The van der Waals surface area contributed by atoms with E-state index in [1.807, 2.05) is 6.92 Å². The van der Waals surface area contributed by atoms with E-state index in [9.17, 15) is 18.0 Å². The number of aromatic amines is 1. The molecule has 8 nitrogen and oxygen atoms in total. The largest absolute Gasteiger partial charge is 0.361 e. The van der Waals surface area contributed by atoms with Crippen LogP contribution < -0.4 is 10.0 Å². The summed E-state index contributed by atoms with van der Waals surface area (Å²) in [5.74, 6) is -0.604. The van der Waals surface area contributed by atoms with Crippen molar-refractivity contribution in [2.75, 3.05) is 25.0 Å². The van der Waals surface area contributed by atoms with E-state index in [0.717, 1.165) is 24.8 Å². The number of likely N-dealkylation sites (tertiary alicyclic amines) is 1. The molecule has 1 saturated heterocycles. The van der Waals surface area contributed by atoms with Crippen molar-refractivity contribution in [2.24, 2.45) is 0 Å². The van der Waals surface area contributed by atoms with Gasteiger partial charge in [-0.1, -0.05) is 11.6 Å². The van der Waals surface area contributed by atoms with Crippen molar-refractivity contribution < 1.29 is 18.0 Å². The van der Waals surface area contributed by atoms with Crippen molar-refractivity contribution in [1.29, 1.82) is 0 Å². The first kappa shape index (κ1) is 24.3. The van der Waals surface area contributed by atoms with Crippen LogP contribution in [0.15, 0.2) is 23.1 Å². The van der Waals surface area contributed by atoms with Crippen LogP contribution in [0.5, 0.6) is 0 Å². The summed E-state index contributed by atoms with van der Waals surface area (Å²) in [5, 5.41) is 3.32. The number of hydrogen-bond acceptors (Lipinski definition) is 4. The molecule has 0 bridgehead atoms. The third-order valence-corrected chi connectivity index (χ3v) is 7.42. The van der Waals surface area contributed by atoms with E-state index in [2.05, 4.69) is 15.0 Å². The number of carbonyl (C=O) groups excluding carboxylic acids is 2. The minimum Gasteiger partial charge on any atom is -0.361 e. The second kappa shape index (κ2) is 10.1. The predicted molar refractivity (Wildman–Crippen MR) is 125 cm³/mol. The summed E-state index contributed by atoms with van der Waals surface area (Å²) in [6.07, 6.45) is 2.84. The van der Waals surface area contributed by atoms with Gasteiger partial charge >= 0.3 is 0 Å². The Morgan fingerprint density at radius 2 is 1.78 bits per heavy atom. The Kier molecular flexibility index (Phi) is 7.63. The van der Waals surface area contributed by atoms with Crippen molar-refractivity contribution in [3.63, 3.8) is 0 Å². The summed E-state index contributed by atoms with van der Waals surface area (Å²) in [6, 6.07) is 5.10. The lowest BCUT2D eigenvalue weighted by Gasteiger charge is -2.27. The Morgan fingerprint density at radius 1 is 1.09 bits per heavy atom. The van der Waals surface area contributed by atoms with Crippen LogP contribution in [-0.4, -0.2) is 49.8 Å². The van der Waals surface area contributed by atoms with Gasteiger partial charge in [0.05, 0.1) is 5.56 Å². The van der Waals surface area contributed by atoms with E-state index in [-0.39, 0.29) is 35.2 Å². The van der Waals surface area contributed by atoms with Crippen molar-refractivity contribution in [3.8, 4) is 0 Å². The van der Waals surface area contributed by atoms with Crippen molar-refractivity contribution in [1.82, 2.24) is 14.6 Å². The maximum absolute atomic E-state index is 13.1. The molecule has 3 N–H and O–H groups in total. The highest BCUT2D eigenvalue weighted by atomic mass is 35.5. The molecular formula is C22H29ClN4O4S. The van der Waals surface area contributed by atoms with E-state index >= 15 is 0 Å². The Bertz CT molecular complexity index is 1120. The molecule has 10 heteroatoms. The van der Waals surface area contributed by atoms with Gasteiger partial charge in [-0.05, 0) is 63.8 Å². The van der Waals surface area contributed by atoms with Gasteiger partial charge in [0.2, 0.25) is 15.9 Å². The lowest BCUT2D eigenvalue weighted by molar-refractivity contribution is -0.116. The van der Waals surface area contributed by atoms with Gasteiger partial charge in [0.25, 0.3) is 5.91 Å². The molecule has 0 saturated carbocycles. The average molecular weight is 481 g/mol. The summed E-state index contributed by atoms with van der Waals surface area (Å²) < 4.78 is 28.6. The fourth-order valence-corrected chi connectivity index (χ4v) is 5.66. The predicted octanol–water partition coefficient (Wildman–Crippen LogP) is 3.53. The molecular weight excluding hydrogens is 452 g/mol. The van der Waals surface area contributed by atoms with Crippen LogP contribution in [0.2, 0.25) is 5.02 Å². The second-order valence-corrected chi connectivity index (χ2v) is 10.2. The monoisotopic (exact) mass is 480 g/mol. The van der Waals surface area contributed by atoms with Gasteiger partial charge in [0.1, 0.15) is 4.90 Å². The molecule has 0 unspecified atom stereocenters. The zero-order valence-electron chi connectivity index (χ0n) is 18.5. The molecule has 1 aliphatic heterocycles. The Labute approximate surface area is 193 Å². The van der Waals surface area contributed by atoms with Gasteiger partial charge in [-0.25, -0.2) is 13.1 Å². The van der Waals surface area contributed by atoms with Gasteiger partial charge in [-0.15, -0.1) is 0 Å². The van der Waals surface area contributed by atoms with Gasteiger partial charge in [-0.2, -0.15) is 0 Å². The molecule has 174 valence electrons. The highest BCUT2D eigenvalue weighted by Crippen LogP contribution is 2.26. The van der Waals surface area contributed by atoms with Crippen LogP contribution >= 0.6 is 11.6 Å². The molecule has 3 rings (SSSR count). The first-order valence-corrected chi connectivity index (χ1v) is 12.5. The van der Waals surface area contributed by atoms with Gasteiger partial charge in [0.15, 0.2) is 0 Å². The minimum atomic E-state index is -3.99. The van der Waals surface area contributed by atoms with Crippen LogP contribution in [-0.2, 0) is 14.8 Å². The molecule has 0 radical (unpaired) electrons. The number of aromatic nitrogens is 1. The first-order valence-electron chi connectivity index (χ1n) is 10.6. The van der Waals surface area contributed by atoms with Crippen molar-refractivity contribution >= 4 is 39.1 Å². The van der Waals surface area contributed by atoms with Crippen molar-refractivity contribution in [2.45, 2.75) is 51.3 Å². The third-order valence-electron chi connectivity index (χ3n) is 5.55. The molecule has 2 heterocycles. The molecule has 2 aromatic rings. The highest BCUT2D eigenvalue weighted by molar-refractivity contribution is 7.89. The molecule has 0 atom stereocenters. The van der Waals surface area contributed by atoms with Crippen LogP contribution in [0, 0.1) is 20.8 Å². The number of rotatable bonds is 7. The lowest BCUT2D eigenvalue weighted by Crippen LogP contribution is -2.37. The normalized spacial score (nSPS) is 14.4. The number of carbonyl (C=O) groups is 2. The number of amides is 2. The summed E-state index contributed by atoms with van der Waals surface area (Å²) in [7, 11) is -3.99. The molecule has 32 heavy (non-hydrogen) atoms. The van der Waals surface area contributed by atoms with Gasteiger partial charge in [0, 0.05) is 48.2 Å². The van der Waals surface area contributed by atoms with Crippen LogP contribution in [0.3, 0.4) is 0 Å². The number of anilines is 1. The van der Waals surface area contributed by atoms with Crippen LogP contribution in [0.1, 0.15) is 53.0 Å². The fraction of sp³-hybridized carbons (Fsp3) is 0.455. The number of hydrogen-bond donors (Lipinski definition) is 3. The van der Waals surface area contributed by atoms with E-state index in [4.69, 9.17) is 11.6 Å². The number of halogens is 1. The number of nitrogens with zero attached hydrogens (tertiary/aromatic N) is 1. The fourth-order valence-electron chi connectivity index (χ4n) is 3.96. The highest BCUT2D eigenvalue weighted by Gasteiger charge is 2.31. The quantitative estimate of drug-likeness (QED) is 0.562. The number of nitrogens with one attached hydrogen (secondary N) is 3. The molecule has 1 aromatic heterocycles. The average Bonchev–Trinajstić information content (AvgIpc) is 3.04. The van der Waals surface area contributed by atoms with Crippen LogP contribution in [0.25, 0.3) is 0 Å². The zero-order valence-corrected chi connectivity index (χ0v) is 20.1. The summed E-state index contributed by atoms with van der Waals surface area (Å²) in [5.41, 5.74) is 2.53. The molecule has 1 aromatic carbocycles. The molecule has 0 aliphatic carbocycles. The number of piperidine rings is 1. The Hall–Kier alpha value is -2.36. The number of benzene rings is 1. The van der Waals surface area contributed by atoms with E-state index in [1.165, 1.54) is 0 Å². The Balaban J connectivity index is 1.69. The van der Waals surface area contributed by atoms with E-state index in [1.54, 1.807) is 36.9 Å². The summed E-state index contributed by atoms with van der Waals surface area (Å²) in [4.78, 5) is 30.0. The summed E-state index contributed by atoms with van der Waals surface area (Å²) >= 11 is 5.93. The Morgan fingerprint density at radius 3 is 2.44 bits per heavy atom. The van der Waals surface area contributed by atoms with Gasteiger partial charge < -0.3 is 15.2 Å². The molecule has 0 spiro atoms. The zero-order chi connectivity index (χ0) is 23.5. The SMILES string of the molecule is Cc1cc(Cl)ccc1NC(=O)CCNS(=O)(=O)c1c(C)[nH]c(C)c1C(=O)N1CCCCC1. The maximum atomic E-state index is 13.1. The molecule has 1 aliphatic rings. The second-order valence-electron chi connectivity index (χ2n) is 8.09. The van der Waals surface area contributed by atoms with E-state index < -0.39 is 10.0 Å². The standard InChI is InChI=1S/C22H29ClN4O4S/c1-14-13-17(23)7-8-18(14)26-19(28)9-10-24-32(30,31)21-16(3)25-15(2)20(21)22(29)27-11-5-4-6-12-27/h7-8,13,24-25H,4-6,9-12H2,1-3H3,(H,26,28). The maximum Gasteiger partial charge on any atom is 0.257 e. The minimum absolute atomic E-state index is 0.0421. The number of aryl methyl sites for hydroxylation is 3. The first-order chi connectivity index (χ1) is 15.1. The summed E-state index contributed by atoms with van der Waals surface area (Å²) in [6.45, 7) is 6.30. The third kappa shape index (κ3) is 5.51. The van der Waals surface area contributed by atoms with Gasteiger partial charge in [-0.3, -0.25) is 9.59 Å². The van der Waals surface area contributed by atoms with Crippen molar-refractivity contribution in [3.05, 3.63) is 45.7 Å². The molecule has 2 amide bonds. The molecule has 1 fully saturated rings. The topological polar surface area (TPSA) is 111 Å². The number of H-pyrrole nitrogens is 1. The smallest absolute Gasteiger partial charge is 0.257 e. The number of sulfonamides is 1. The lowest BCUT2D eigenvalue weighted by atomic mass is 10.1.